The van der Waals surface area contributed by atoms with Crippen LogP contribution in [-0.2, 0) is 4.74 Å². The molecule has 1 aliphatic rings. The van der Waals surface area contributed by atoms with Crippen LogP contribution in [0.4, 0.5) is 16.2 Å². The molecule has 1 aliphatic heterocycles. The SMILES string of the molecule is CNC(=O)NCCNC(=S)Nc1ccc(N2CCOCC2)cc1. The van der Waals surface area contributed by atoms with Gasteiger partial charge in [-0.3, -0.25) is 0 Å². The van der Waals surface area contributed by atoms with E-state index in [1.54, 1.807) is 7.05 Å². The number of benzene rings is 1. The summed E-state index contributed by atoms with van der Waals surface area (Å²) in [6.45, 7) is 4.45. The number of carbonyl (C=O) groups excluding carboxylic acids is 1. The van der Waals surface area contributed by atoms with E-state index in [-0.39, 0.29) is 6.03 Å². The summed E-state index contributed by atoms with van der Waals surface area (Å²) in [4.78, 5) is 13.3. The second-order valence-corrected chi connectivity index (χ2v) is 5.44. The molecule has 0 unspecified atom stereocenters. The van der Waals surface area contributed by atoms with E-state index in [0.717, 1.165) is 32.0 Å². The third-order valence-electron chi connectivity index (χ3n) is 3.42. The van der Waals surface area contributed by atoms with Crippen LogP contribution in [0.3, 0.4) is 0 Å². The zero-order valence-corrected chi connectivity index (χ0v) is 14.0. The van der Waals surface area contributed by atoms with Crippen LogP contribution in [0, 0.1) is 0 Å². The lowest BCUT2D eigenvalue weighted by atomic mass is 10.2. The van der Waals surface area contributed by atoms with Crippen molar-refractivity contribution >= 4 is 34.7 Å². The summed E-state index contributed by atoms with van der Waals surface area (Å²) < 4.78 is 5.36. The van der Waals surface area contributed by atoms with E-state index in [0.29, 0.717) is 18.2 Å². The number of nitrogens with zero attached hydrogens (tertiary/aromatic N) is 1. The maximum Gasteiger partial charge on any atom is 0.314 e. The molecule has 0 radical (unpaired) electrons. The van der Waals surface area contributed by atoms with Gasteiger partial charge in [-0.25, -0.2) is 4.79 Å². The summed E-state index contributed by atoms with van der Waals surface area (Å²) >= 11 is 5.22. The topological polar surface area (TPSA) is 77.7 Å². The number of hydrogen-bond donors (Lipinski definition) is 4. The highest BCUT2D eigenvalue weighted by molar-refractivity contribution is 7.80. The highest BCUT2D eigenvalue weighted by atomic mass is 32.1. The standard InChI is InChI=1S/C15H23N5O2S/c1-16-14(21)17-6-7-18-15(23)19-12-2-4-13(5-3-12)20-8-10-22-11-9-20/h2-5H,6-11H2,1H3,(H2,16,17,21)(H2,18,19,23). The molecular weight excluding hydrogens is 314 g/mol. The molecule has 7 nitrogen and oxygen atoms in total. The smallest absolute Gasteiger partial charge is 0.314 e. The maximum atomic E-state index is 11.0. The number of hydrogen-bond acceptors (Lipinski definition) is 4. The summed E-state index contributed by atoms with van der Waals surface area (Å²) in [5.41, 5.74) is 2.12. The van der Waals surface area contributed by atoms with Gasteiger partial charge >= 0.3 is 6.03 Å². The molecule has 4 N–H and O–H groups in total. The molecule has 8 heteroatoms. The Hall–Kier alpha value is -2.06. The highest BCUT2D eigenvalue weighted by Gasteiger charge is 2.10. The van der Waals surface area contributed by atoms with Crippen LogP contribution in [0.2, 0.25) is 0 Å². The van der Waals surface area contributed by atoms with Gasteiger partial charge in [0.15, 0.2) is 5.11 Å². The van der Waals surface area contributed by atoms with Crippen LogP contribution in [-0.4, -0.2) is 57.6 Å². The van der Waals surface area contributed by atoms with E-state index < -0.39 is 0 Å². The second-order valence-electron chi connectivity index (χ2n) is 5.03. The normalized spacial score (nSPS) is 14.0. The summed E-state index contributed by atoms with van der Waals surface area (Å²) in [7, 11) is 1.58. The first-order chi connectivity index (χ1) is 11.2. The molecule has 0 spiro atoms. The van der Waals surface area contributed by atoms with E-state index in [1.165, 1.54) is 5.69 Å². The lowest BCUT2D eigenvalue weighted by Crippen LogP contribution is -2.39. The Bertz CT molecular complexity index is 517. The Labute approximate surface area is 141 Å². The third kappa shape index (κ3) is 5.91. The average molecular weight is 337 g/mol. The Balaban J connectivity index is 1.72. The van der Waals surface area contributed by atoms with Crippen molar-refractivity contribution in [1.29, 1.82) is 0 Å². The molecular formula is C15H23N5O2S. The van der Waals surface area contributed by atoms with E-state index in [1.807, 2.05) is 12.1 Å². The van der Waals surface area contributed by atoms with Gasteiger partial charge in [-0.1, -0.05) is 0 Å². The first-order valence-corrected chi connectivity index (χ1v) is 8.03. The molecule has 0 bridgehead atoms. The highest BCUT2D eigenvalue weighted by Crippen LogP contribution is 2.18. The molecule has 2 rings (SSSR count). The van der Waals surface area contributed by atoms with Crippen molar-refractivity contribution < 1.29 is 9.53 Å². The van der Waals surface area contributed by atoms with Crippen LogP contribution in [0.25, 0.3) is 0 Å². The van der Waals surface area contributed by atoms with Crippen molar-refractivity contribution in [2.45, 2.75) is 0 Å². The molecule has 0 saturated carbocycles. The van der Waals surface area contributed by atoms with Crippen LogP contribution >= 0.6 is 12.2 Å². The average Bonchev–Trinajstić information content (AvgIpc) is 2.60. The molecule has 1 fully saturated rings. The number of ether oxygens (including phenoxy) is 1. The fourth-order valence-electron chi connectivity index (χ4n) is 2.19. The zero-order valence-electron chi connectivity index (χ0n) is 13.2. The van der Waals surface area contributed by atoms with Gasteiger partial charge in [-0.05, 0) is 36.5 Å². The molecule has 0 atom stereocenters. The summed E-state index contributed by atoms with van der Waals surface area (Å²) in [5.74, 6) is 0. The lowest BCUT2D eigenvalue weighted by molar-refractivity contribution is 0.122. The van der Waals surface area contributed by atoms with Gasteiger partial charge in [0, 0.05) is 44.6 Å². The Morgan fingerprint density at radius 3 is 2.48 bits per heavy atom. The first kappa shape index (κ1) is 17.3. The third-order valence-corrected chi connectivity index (χ3v) is 3.67. The minimum Gasteiger partial charge on any atom is -0.378 e. The fraction of sp³-hybridized carbons (Fsp3) is 0.467. The second kappa shape index (κ2) is 9.16. The Morgan fingerprint density at radius 1 is 1.17 bits per heavy atom. The largest absolute Gasteiger partial charge is 0.378 e. The number of carbonyl (C=O) groups is 1. The van der Waals surface area contributed by atoms with Gasteiger partial charge in [0.1, 0.15) is 0 Å². The molecule has 23 heavy (non-hydrogen) atoms. The van der Waals surface area contributed by atoms with Gasteiger partial charge in [0.2, 0.25) is 0 Å². The van der Waals surface area contributed by atoms with Crippen molar-refractivity contribution in [1.82, 2.24) is 16.0 Å². The van der Waals surface area contributed by atoms with Crippen molar-refractivity contribution in [3.63, 3.8) is 0 Å². The van der Waals surface area contributed by atoms with Crippen LogP contribution in [0.5, 0.6) is 0 Å². The minimum absolute atomic E-state index is 0.204. The lowest BCUT2D eigenvalue weighted by Gasteiger charge is -2.29. The number of urea groups is 1. The van der Waals surface area contributed by atoms with E-state index in [4.69, 9.17) is 17.0 Å². The van der Waals surface area contributed by atoms with Crippen molar-refractivity contribution in [3.8, 4) is 0 Å². The number of nitrogens with one attached hydrogen (secondary N) is 4. The van der Waals surface area contributed by atoms with Crippen LogP contribution in [0.1, 0.15) is 0 Å². The fourth-order valence-corrected chi connectivity index (χ4v) is 2.41. The number of amides is 2. The Morgan fingerprint density at radius 2 is 1.83 bits per heavy atom. The molecule has 126 valence electrons. The van der Waals surface area contributed by atoms with E-state index >= 15 is 0 Å². The minimum atomic E-state index is -0.204. The predicted octanol–water partition coefficient (Wildman–Crippen LogP) is 0.739. The van der Waals surface area contributed by atoms with Crippen molar-refractivity contribution in [2.75, 3.05) is 56.7 Å². The number of morpholine rings is 1. The molecule has 1 aromatic carbocycles. The van der Waals surface area contributed by atoms with Gasteiger partial charge in [0.05, 0.1) is 13.2 Å². The zero-order chi connectivity index (χ0) is 16.5. The van der Waals surface area contributed by atoms with Gasteiger partial charge in [-0.15, -0.1) is 0 Å². The molecule has 1 aromatic rings. The maximum absolute atomic E-state index is 11.0. The molecule has 0 aromatic heterocycles. The number of rotatable bonds is 5. The monoisotopic (exact) mass is 337 g/mol. The predicted molar refractivity (Wildman–Crippen MR) is 96.2 cm³/mol. The van der Waals surface area contributed by atoms with Gasteiger partial charge in [0.25, 0.3) is 0 Å². The van der Waals surface area contributed by atoms with Crippen LogP contribution in [0.15, 0.2) is 24.3 Å². The summed E-state index contributed by atoms with van der Waals surface area (Å²) in [6, 6.07) is 7.94. The number of anilines is 2. The molecule has 0 aliphatic carbocycles. The molecule has 1 saturated heterocycles. The number of thiocarbonyl (C=S) groups is 1. The summed E-state index contributed by atoms with van der Waals surface area (Å²) in [6.07, 6.45) is 0. The first-order valence-electron chi connectivity index (χ1n) is 7.62. The van der Waals surface area contributed by atoms with E-state index in [9.17, 15) is 4.79 Å². The van der Waals surface area contributed by atoms with E-state index in [2.05, 4.69) is 38.3 Å². The summed E-state index contributed by atoms with van der Waals surface area (Å²) in [5, 5.41) is 11.9. The molecule has 2 amide bonds. The van der Waals surface area contributed by atoms with Crippen molar-refractivity contribution in [2.24, 2.45) is 0 Å². The van der Waals surface area contributed by atoms with Crippen molar-refractivity contribution in [3.05, 3.63) is 24.3 Å². The van der Waals surface area contributed by atoms with Gasteiger partial charge < -0.3 is 30.9 Å². The quantitative estimate of drug-likeness (QED) is 0.469. The Kier molecular flexibility index (Phi) is 6.89. The molecule has 1 heterocycles. The van der Waals surface area contributed by atoms with Crippen LogP contribution < -0.4 is 26.2 Å². The van der Waals surface area contributed by atoms with Gasteiger partial charge in [-0.2, -0.15) is 0 Å².